The lowest BCUT2D eigenvalue weighted by Gasteiger charge is -2.25. The second kappa shape index (κ2) is 16.5. The van der Waals surface area contributed by atoms with Gasteiger partial charge < -0.3 is 38.4 Å². The summed E-state index contributed by atoms with van der Waals surface area (Å²) in [4.78, 5) is 76.3. The van der Waals surface area contributed by atoms with Gasteiger partial charge in [0, 0.05) is 18.7 Å². The van der Waals surface area contributed by atoms with Crippen LogP contribution in [0.3, 0.4) is 0 Å². The number of fused-ring (bicyclic) bond motifs is 1. The number of hydrogen-bond donors (Lipinski definition) is 3. The Hall–Kier alpha value is -2.78. The van der Waals surface area contributed by atoms with Crippen LogP contribution in [0.2, 0.25) is 0 Å². The number of rotatable bonds is 15. The van der Waals surface area contributed by atoms with Gasteiger partial charge in [-0.1, -0.05) is 24.3 Å². The predicted molar refractivity (Wildman–Crippen MR) is 179 cm³/mol. The van der Waals surface area contributed by atoms with Crippen LogP contribution in [-0.4, -0.2) is 103 Å². The highest BCUT2D eigenvalue weighted by atomic mass is 79.9. The topological polar surface area (TPSA) is 246 Å². The van der Waals surface area contributed by atoms with Gasteiger partial charge in [-0.3, -0.25) is 32.6 Å². The van der Waals surface area contributed by atoms with Crippen molar-refractivity contribution in [3.05, 3.63) is 64.4 Å². The first kappa shape index (κ1) is 39.4. The molecule has 3 N–H and O–H groups in total. The van der Waals surface area contributed by atoms with E-state index in [9.17, 15) is 38.2 Å². The van der Waals surface area contributed by atoms with E-state index < -0.39 is 81.5 Å². The monoisotopic (exact) mass is 838 g/mol. The Labute approximate surface area is 301 Å². The Kier molecular flexibility index (Phi) is 12.7. The maximum absolute atomic E-state index is 14.0. The standard InChI is InChI=1S/C28H33BrN4O15P2S/c1-4-10-42-22-18(11-43-19(22)12-45-50(40,41)51-17-8-6-5-7-9-17)32-14-30-25-21(26(32)36)31-28(29)33(25)27-24(47-16(3)35)23(46-15(2)34)20(48-27)13-44-49(37,38)39/h4-9,14,18-20,22-24,27H,1,10-13H2,2-3H3,(H,40,41)(H2,37,38,39)/t18-,19-,20-,22+,23-,24-,27-/m1/s1. The normalized spacial score (nSPS) is 26.2. The van der Waals surface area contributed by atoms with E-state index in [0.717, 1.165) is 13.8 Å². The SMILES string of the molecule is C=CCO[C@H]1[C@H](n2cnc3c(nc(Br)n3[C@@H]3O[C@H](COP(=O)(O)O)[C@@H](OC(C)=O)[C@H]3OC(C)=O)c2=O)CO[C@@H]1COP(=O)(O)Sc1ccccc1. The summed E-state index contributed by atoms with van der Waals surface area (Å²) >= 11 is 3.95. The Morgan fingerprint density at radius 3 is 2.37 bits per heavy atom. The average Bonchev–Trinajstić information content (AvgIpc) is 3.70. The van der Waals surface area contributed by atoms with E-state index in [1.807, 2.05) is 0 Å². The molecule has 5 rings (SSSR count). The maximum Gasteiger partial charge on any atom is 0.469 e. The number of aromatic nitrogens is 4. The molecule has 0 radical (unpaired) electrons. The molecule has 0 amide bonds. The lowest BCUT2D eigenvalue weighted by Crippen LogP contribution is -2.40. The first-order valence-electron chi connectivity index (χ1n) is 15.0. The number of phosphoric ester groups is 1. The molecule has 23 heteroatoms. The zero-order valence-electron chi connectivity index (χ0n) is 26.8. The van der Waals surface area contributed by atoms with Gasteiger partial charge in [0.15, 0.2) is 34.3 Å². The van der Waals surface area contributed by atoms with Gasteiger partial charge in [-0.2, -0.15) is 0 Å². The molecule has 51 heavy (non-hydrogen) atoms. The van der Waals surface area contributed by atoms with E-state index in [2.05, 4.69) is 37.0 Å². The number of phosphoric acid groups is 1. The third-order valence-electron chi connectivity index (χ3n) is 7.49. The first-order valence-corrected chi connectivity index (χ1v) is 20.3. The number of carbonyl (C=O) groups excluding carboxylic acids is 2. The third-order valence-corrected chi connectivity index (χ3v) is 11.4. The van der Waals surface area contributed by atoms with Crippen LogP contribution in [0, 0.1) is 0 Å². The number of hydrogen-bond acceptors (Lipinski definition) is 15. The van der Waals surface area contributed by atoms with Crippen molar-refractivity contribution in [1.29, 1.82) is 0 Å². The molecule has 0 aliphatic carbocycles. The summed E-state index contributed by atoms with van der Waals surface area (Å²) in [7, 11) is -5.00. The van der Waals surface area contributed by atoms with Crippen LogP contribution < -0.4 is 5.56 Å². The van der Waals surface area contributed by atoms with Gasteiger partial charge in [0.05, 0.1) is 32.5 Å². The Bertz CT molecular complexity index is 1910. The van der Waals surface area contributed by atoms with Crippen molar-refractivity contribution >= 4 is 65.0 Å². The van der Waals surface area contributed by atoms with Crippen LogP contribution >= 0.6 is 41.9 Å². The van der Waals surface area contributed by atoms with Gasteiger partial charge in [-0.15, -0.1) is 6.58 Å². The number of imidazole rings is 1. The molecule has 2 aliphatic heterocycles. The second-order valence-corrected chi connectivity index (χ2v) is 16.8. The van der Waals surface area contributed by atoms with E-state index in [1.165, 1.54) is 21.5 Å². The average molecular weight is 840 g/mol. The second-order valence-electron chi connectivity index (χ2n) is 11.1. The van der Waals surface area contributed by atoms with E-state index >= 15 is 0 Å². The molecule has 3 aromatic rings. The molecule has 2 saturated heterocycles. The predicted octanol–water partition coefficient (Wildman–Crippen LogP) is 2.65. The molecule has 278 valence electrons. The molecular formula is C28H33BrN4O15P2S. The molecule has 2 aromatic heterocycles. The van der Waals surface area contributed by atoms with Gasteiger partial charge in [0.1, 0.15) is 24.6 Å². The Balaban J connectivity index is 1.44. The minimum absolute atomic E-state index is 0.0249. The summed E-state index contributed by atoms with van der Waals surface area (Å²) in [6.45, 7) is 0.527. The number of carbonyl (C=O) groups is 2. The van der Waals surface area contributed by atoms with Crippen LogP contribution in [0.25, 0.3) is 11.2 Å². The van der Waals surface area contributed by atoms with E-state index in [4.69, 9.17) is 28.2 Å². The van der Waals surface area contributed by atoms with Crippen molar-refractivity contribution in [2.24, 2.45) is 0 Å². The van der Waals surface area contributed by atoms with Crippen molar-refractivity contribution in [3.8, 4) is 0 Å². The maximum atomic E-state index is 14.0. The molecule has 2 aliphatic rings. The molecule has 0 saturated carbocycles. The van der Waals surface area contributed by atoms with E-state index in [1.54, 1.807) is 30.3 Å². The molecule has 1 unspecified atom stereocenters. The third kappa shape index (κ3) is 9.61. The highest BCUT2D eigenvalue weighted by Gasteiger charge is 2.52. The van der Waals surface area contributed by atoms with E-state index in [-0.39, 0.29) is 35.7 Å². The van der Waals surface area contributed by atoms with Crippen LogP contribution in [0.1, 0.15) is 26.1 Å². The molecule has 8 atom stereocenters. The molecule has 19 nitrogen and oxygen atoms in total. The van der Waals surface area contributed by atoms with Gasteiger partial charge in [0.2, 0.25) is 0 Å². The minimum atomic E-state index is -5.00. The largest absolute Gasteiger partial charge is 0.469 e. The van der Waals surface area contributed by atoms with Gasteiger partial charge in [0.25, 0.3) is 5.56 Å². The number of benzene rings is 1. The Morgan fingerprint density at radius 2 is 1.73 bits per heavy atom. The number of ether oxygens (including phenoxy) is 5. The summed E-state index contributed by atoms with van der Waals surface area (Å²) < 4.78 is 65.3. The van der Waals surface area contributed by atoms with Crippen molar-refractivity contribution in [2.45, 2.75) is 61.5 Å². The highest BCUT2D eigenvalue weighted by Crippen LogP contribution is 2.59. The smallest absolute Gasteiger partial charge is 0.456 e. The van der Waals surface area contributed by atoms with Crippen molar-refractivity contribution in [3.63, 3.8) is 0 Å². The van der Waals surface area contributed by atoms with Crippen molar-refractivity contribution in [2.75, 3.05) is 26.4 Å². The van der Waals surface area contributed by atoms with Gasteiger partial charge in [-0.25, -0.2) is 19.1 Å². The fraction of sp³-hybridized carbons (Fsp3) is 0.464. The number of halogens is 1. The van der Waals surface area contributed by atoms with Crippen LogP contribution in [0.5, 0.6) is 0 Å². The zero-order valence-corrected chi connectivity index (χ0v) is 31.0. The summed E-state index contributed by atoms with van der Waals surface area (Å²) in [5.74, 6) is -1.62. The summed E-state index contributed by atoms with van der Waals surface area (Å²) in [6.07, 6.45) is -4.58. The first-order chi connectivity index (χ1) is 24.1. The number of esters is 2. The summed E-state index contributed by atoms with van der Waals surface area (Å²) in [5.41, 5.74) is -0.908. The molecular weight excluding hydrogens is 806 g/mol. The summed E-state index contributed by atoms with van der Waals surface area (Å²) in [5, 5.41) is 0. The van der Waals surface area contributed by atoms with E-state index in [0.29, 0.717) is 16.3 Å². The fourth-order valence-corrected chi connectivity index (χ4v) is 8.86. The molecule has 0 bridgehead atoms. The lowest BCUT2D eigenvalue weighted by atomic mass is 10.1. The fourth-order valence-electron chi connectivity index (χ4n) is 5.54. The lowest BCUT2D eigenvalue weighted by molar-refractivity contribution is -0.165. The molecule has 0 spiro atoms. The zero-order chi connectivity index (χ0) is 37.1. The Morgan fingerprint density at radius 1 is 1.06 bits per heavy atom. The molecule has 1 aromatic carbocycles. The quantitative estimate of drug-likeness (QED) is 0.0862. The highest BCUT2D eigenvalue weighted by molar-refractivity contribution is 9.10. The van der Waals surface area contributed by atoms with Gasteiger partial charge >= 0.3 is 26.6 Å². The van der Waals surface area contributed by atoms with Crippen molar-refractivity contribution < 1.29 is 66.1 Å². The van der Waals surface area contributed by atoms with Crippen LogP contribution in [0.4, 0.5) is 0 Å². The molecule has 2 fully saturated rings. The number of nitrogens with zero attached hydrogens (tertiary/aromatic N) is 4. The minimum Gasteiger partial charge on any atom is -0.456 e. The van der Waals surface area contributed by atoms with Gasteiger partial charge in [-0.05, 0) is 39.4 Å². The van der Waals surface area contributed by atoms with Crippen LogP contribution in [-0.2, 0) is 51.5 Å². The van der Waals surface area contributed by atoms with Crippen molar-refractivity contribution in [1.82, 2.24) is 19.1 Å². The molecule has 4 heterocycles. The van der Waals surface area contributed by atoms with Crippen LogP contribution in [0.15, 0.2) is 63.7 Å². The summed E-state index contributed by atoms with van der Waals surface area (Å²) in [6, 6.07) is 7.74.